The smallest absolute Gasteiger partial charge is 0.269 e. The van der Waals surface area contributed by atoms with Gasteiger partial charge in [-0.1, -0.05) is 30.3 Å². The highest BCUT2D eigenvalue weighted by Gasteiger charge is 2.48. The zero-order chi connectivity index (χ0) is 23.2. The highest BCUT2D eigenvalue weighted by molar-refractivity contribution is 7.90. The summed E-state index contributed by atoms with van der Waals surface area (Å²) in [5.74, 6) is -1.44. The second kappa shape index (κ2) is 7.86. The van der Waals surface area contributed by atoms with E-state index in [0.29, 0.717) is 29.8 Å². The van der Waals surface area contributed by atoms with Gasteiger partial charge in [-0.25, -0.2) is 12.7 Å². The molecule has 2 aliphatic rings. The van der Waals surface area contributed by atoms with Gasteiger partial charge in [-0.15, -0.1) is 0 Å². The maximum absolute atomic E-state index is 12.9. The van der Waals surface area contributed by atoms with Crippen molar-refractivity contribution < 1.29 is 22.8 Å². The topological polar surface area (TPSA) is 113 Å². The number of para-hydroxylation sites is 2. The minimum absolute atomic E-state index is 0.0778. The highest BCUT2D eigenvalue weighted by Crippen LogP contribution is 2.39. The molecule has 0 atom stereocenters. The normalized spacial score (nSPS) is 16.2. The van der Waals surface area contributed by atoms with Crippen LogP contribution in [0.1, 0.15) is 43.9 Å². The number of nitrogens with one attached hydrogen (secondary N) is 2. The van der Waals surface area contributed by atoms with E-state index in [4.69, 9.17) is 0 Å². The van der Waals surface area contributed by atoms with Gasteiger partial charge in [-0.05, 0) is 55.3 Å². The number of fused-ring (bicyclic) bond motifs is 1. The molecule has 2 N–H and O–H groups in total. The lowest BCUT2D eigenvalue weighted by atomic mass is 10.1. The molecule has 0 aromatic heterocycles. The Morgan fingerprint density at radius 1 is 0.788 bits per heavy atom. The van der Waals surface area contributed by atoms with Gasteiger partial charge in [0.05, 0.1) is 16.9 Å². The quantitative estimate of drug-likeness (QED) is 0.604. The fourth-order valence-corrected chi connectivity index (χ4v) is 5.58. The van der Waals surface area contributed by atoms with Crippen molar-refractivity contribution >= 4 is 39.1 Å². The zero-order valence-electron chi connectivity index (χ0n) is 17.3. The molecule has 0 spiro atoms. The van der Waals surface area contributed by atoms with Crippen LogP contribution < -0.4 is 10.6 Å². The number of hydrogen-bond acceptors (Lipinski definition) is 5. The first-order valence-electron chi connectivity index (χ1n) is 10.4. The average molecular weight is 461 g/mol. The molecule has 166 valence electrons. The summed E-state index contributed by atoms with van der Waals surface area (Å²) in [6, 6.07) is 19.1. The van der Waals surface area contributed by atoms with Crippen molar-refractivity contribution in [3.63, 3.8) is 0 Å². The number of benzene rings is 3. The molecule has 3 amide bonds. The van der Waals surface area contributed by atoms with Gasteiger partial charge in [0.15, 0.2) is 0 Å². The first-order valence-corrected chi connectivity index (χ1v) is 11.8. The average Bonchev–Trinajstić information content (AvgIpc) is 3.62. The molecule has 1 aliphatic carbocycles. The third kappa shape index (κ3) is 3.76. The van der Waals surface area contributed by atoms with Crippen LogP contribution in [0.5, 0.6) is 0 Å². The summed E-state index contributed by atoms with van der Waals surface area (Å²) in [6.45, 7) is 0. The van der Waals surface area contributed by atoms with Gasteiger partial charge < -0.3 is 10.6 Å². The van der Waals surface area contributed by atoms with Gasteiger partial charge in [0, 0.05) is 17.2 Å². The number of nitrogens with zero attached hydrogens (tertiary/aromatic N) is 1. The van der Waals surface area contributed by atoms with Crippen molar-refractivity contribution in [2.24, 2.45) is 0 Å². The molecule has 0 unspecified atom stereocenters. The molecule has 9 heteroatoms. The summed E-state index contributed by atoms with van der Waals surface area (Å²) in [4.78, 5) is 37.8. The lowest BCUT2D eigenvalue weighted by Gasteiger charge is -2.13. The minimum Gasteiger partial charge on any atom is -0.320 e. The summed E-state index contributed by atoms with van der Waals surface area (Å²) in [6.07, 6.45) is 1.30. The lowest BCUT2D eigenvalue weighted by Crippen LogP contribution is -2.31. The number of sulfonamides is 1. The minimum atomic E-state index is -3.97. The van der Waals surface area contributed by atoms with Crippen LogP contribution in [0, 0.1) is 0 Å². The SMILES string of the molecule is O=C(Nc1ccccc1NC(=O)c1ccc2c(c1)S(=O)(=O)N(C1CC1)C2=O)c1ccccc1. The second-order valence-electron chi connectivity index (χ2n) is 7.87. The van der Waals surface area contributed by atoms with Crippen molar-refractivity contribution in [3.05, 3.63) is 89.5 Å². The van der Waals surface area contributed by atoms with E-state index in [9.17, 15) is 22.8 Å². The molecule has 33 heavy (non-hydrogen) atoms. The van der Waals surface area contributed by atoms with E-state index in [1.807, 2.05) is 0 Å². The predicted octanol–water partition coefficient (Wildman–Crippen LogP) is 3.50. The van der Waals surface area contributed by atoms with Gasteiger partial charge in [-0.3, -0.25) is 14.4 Å². The van der Waals surface area contributed by atoms with E-state index >= 15 is 0 Å². The Labute approximate surface area is 190 Å². The van der Waals surface area contributed by atoms with Crippen LogP contribution in [0.2, 0.25) is 0 Å². The van der Waals surface area contributed by atoms with Crippen LogP contribution in [-0.4, -0.2) is 36.5 Å². The highest BCUT2D eigenvalue weighted by atomic mass is 32.2. The molecule has 5 rings (SSSR count). The van der Waals surface area contributed by atoms with E-state index in [1.54, 1.807) is 54.6 Å². The molecule has 1 fully saturated rings. The Bertz CT molecular complexity index is 1400. The summed E-state index contributed by atoms with van der Waals surface area (Å²) >= 11 is 0. The Hall–Kier alpha value is -3.98. The van der Waals surface area contributed by atoms with Gasteiger partial charge >= 0.3 is 0 Å². The maximum Gasteiger partial charge on any atom is 0.269 e. The summed E-state index contributed by atoms with van der Waals surface area (Å²) in [5.41, 5.74) is 1.38. The molecule has 1 aliphatic heterocycles. The maximum atomic E-state index is 12.9. The van der Waals surface area contributed by atoms with Gasteiger partial charge in [0.25, 0.3) is 27.7 Å². The Morgan fingerprint density at radius 2 is 1.36 bits per heavy atom. The standard InChI is InChI=1S/C24H19N3O5S/c28-22(15-6-2-1-3-7-15)25-19-8-4-5-9-20(19)26-23(29)16-10-13-18-21(14-16)33(31,32)27(24(18)30)17-11-12-17/h1-10,13-14,17H,11-12H2,(H,25,28)(H,26,29). The molecule has 3 aromatic rings. The van der Waals surface area contributed by atoms with Crippen LogP contribution >= 0.6 is 0 Å². The van der Waals surface area contributed by atoms with Crippen LogP contribution in [-0.2, 0) is 10.0 Å². The van der Waals surface area contributed by atoms with E-state index in [0.717, 1.165) is 4.31 Å². The van der Waals surface area contributed by atoms with E-state index in [-0.39, 0.29) is 28.0 Å². The Kier molecular flexibility index (Phi) is 4.98. The van der Waals surface area contributed by atoms with Gasteiger partial charge in [-0.2, -0.15) is 0 Å². The van der Waals surface area contributed by atoms with Crippen molar-refractivity contribution in [2.45, 2.75) is 23.8 Å². The van der Waals surface area contributed by atoms with E-state index in [1.165, 1.54) is 18.2 Å². The zero-order valence-corrected chi connectivity index (χ0v) is 18.1. The van der Waals surface area contributed by atoms with Crippen LogP contribution in [0.3, 0.4) is 0 Å². The monoisotopic (exact) mass is 461 g/mol. The third-order valence-corrected chi connectivity index (χ3v) is 7.42. The molecule has 1 saturated carbocycles. The number of carbonyl (C=O) groups is 3. The van der Waals surface area contributed by atoms with E-state index in [2.05, 4.69) is 10.6 Å². The summed E-state index contributed by atoms with van der Waals surface area (Å²) in [7, 11) is -3.97. The predicted molar refractivity (Wildman–Crippen MR) is 122 cm³/mol. The number of amides is 3. The molecule has 0 bridgehead atoms. The van der Waals surface area contributed by atoms with Crippen molar-refractivity contribution in [3.8, 4) is 0 Å². The van der Waals surface area contributed by atoms with Crippen LogP contribution in [0.15, 0.2) is 77.7 Å². The molecule has 8 nitrogen and oxygen atoms in total. The van der Waals surface area contributed by atoms with Crippen molar-refractivity contribution in [1.82, 2.24) is 4.31 Å². The fraction of sp³-hybridized carbons (Fsp3) is 0.125. The number of anilines is 2. The first kappa shape index (κ1) is 20.9. The molecule has 1 heterocycles. The molecular weight excluding hydrogens is 442 g/mol. The molecule has 3 aromatic carbocycles. The van der Waals surface area contributed by atoms with Crippen molar-refractivity contribution in [2.75, 3.05) is 10.6 Å². The molecule has 0 saturated heterocycles. The Balaban J connectivity index is 1.39. The fourth-order valence-electron chi connectivity index (χ4n) is 3.74. The number of rotatable bonds is 5. The van der Waals surface area contributed by atoms with E-state index < -0.39 is 21.8 Å². The molecular formula is C24H19N3O5S. The third-order valence-electron chi connectivity index (χ3n) is 5.55. The number of hydrogen-bond donors (Lipinski definition) is 2. The summed E-state index contributed by atoms with van der Waals surface area (Å²) < 4.78 is 26.6. The first-order chi connectivity index (χ1) is 15.9. The number of carbonyl (C=O) groups excluding carboxylic acids is 3. The largest absolute Gasteiger partial charge is 0.320 e. The lowest BCUT2D eigenvalue weighted by molar-refractivity contribution is 0.0864. The van der Waals surface area contributed by atoms with Gasteiger partial charge in [0.1, 0.15) is 4.90 Å². The van der Waals surface area contributed by atoms with Crippen LogP contribution in [0.25, 0.3) is 0 Å². The summed E-state index contributed by atoms with van der Waals surface area (Å²) in [5, 5.41) is 5.48. The van der Waals surface area contributed by atoms with Gasteiger partial charge in [0.2, 0.25) is 0 Å². The van der Waals surface area contributed by atoms with Crippen LogP contribution in [0.4, 0.5) is 11.4 Å². The Morgan fingerprint density at radius 3 is 1.97 bits per heavy atom. The van der Waals surface area contributed by atoms with Crippen molar-refractivity contribution in [1.29, 1.82) is 0 Å². The second-order valence-corrected chi connectivity index (χ2v) is 9.65. The molecule has 0 radical (unpaired) electrons.